The van der Waals surface area contributed by atoms with Crippen LogP contribution in [-0.2, 0) is 26.2 Å². The van der Waals surface area contributed by atoms with Crippen molar-refractivity contribution in [2.24, 2.45) is 0 Å². The van der Waals surface area contributed by atoms with Gasteiger partial charge < -0.3 is 25.6 Å². The highest BCUT2D eigenvalue weighted by Crippen LogP contribution is 2.30. The van der Waals surface area contributed by atoms with Crippen LogP contribution in [0.5, 0.6) is 5.75 Å². The number of ether oxygens (including phenoxy) is 1. The van der Waals surface area contributed by atoms with E-state index in [0.29, 0.717) is 13.0 Å². The predicted octanol–water partition coefficient (Wildman–Crippen LogP) is 2.92. The quantitative estimate of drug-likeness (QED) is 0.355. The Bertz CT molecular complexity index is 990. The first-order chi connectivity index (χ1) is 16.0. The first-order valence-corrected chi connectivity index (χ1v) is 11.2. The fourth-order valence-corrected chi connectivity index (χ4v) is 3.76. The Kier molecular flexibility index (Phi) is 9.62. The Hall–Kier alpha value is -3.39. The van der Waals surface area contributed by atoms with Crippen molar-refractivity contribution < 1.29 is 29.3 Å². The number of benzene rings is 2. The fraction of sp³-hybridized carbons (Fsp3) is 0.423. The zero-order valence-corrected chi connectivity index (χ0v) is 20.1. The SMILES string of the molecule is COc1ccc(C(C)(C)CCN[C@@H](CC(=O)O)C(=O)N[C@@H](Cc2ccccc2)C(=O)O)cc1C. The Morgan fingerprint density at radius 2 is 1.71 bits per heavy atom. The largest absolute Gasteiger partial charge is 0.496 e. The second kappa shape index (κ2) is 12.2. The summed E-state index contributed by atoms with van der Waals surface area (Å²) in [7, 11) is 1.62. The summed E-state index contributed by atoms with van der Waals surface area (Å²) in [5.74, 6) is -2.17. The van der Waals surface area contributed by atoms with Gasteiger partial charge in [-0.2, -0.15) is 0 Å². The summed E-state index contributed by atoms with van der Waals surface area (Å²) in [5, 5.41) is 24.3. The maximum atomic E-state index is 12.8. The first kappa shape index (κ1) is 26.9. The molecule has 0 saturated carbocycles. The van der Waals surface area contributed by atoms with Crippen molar-refractivity contribution >= 4 is 17.8 Å². The summed E-state index contributed by atoms with van der Waals surface area (Å²) in [5.41, 5.74) is 2.63. The van der Waals surface area contributed by atoms with E-state index < -0.39 is 36.4 Å². The lowest BCUT2D eigenvalue weighted by Gasteiger charge is -2.28. The molecule has 4 N–H and O–H groups in total. The Balaban J connectivity index is 2.03. The molecule has 0 heterocycles. The lowest BCUT2D eigenvalue weighted by molar-refractivity contribution is -0.143. The van der Waals surface area contributed by atoms with E-state index in [1.165, 1.54) is 0 Å². The lowest BCUT2D eigenvalue weighted by atomic mass is 9.81. The number of aryl methyl sites for hydroxylation is 1. The number of carboxylic acid groups (broad SMARTS) is 2. The molecule has 8 heteroatoms. The topological polar surface area (TPSA) is 125 Å². The van der Waals surface area contributed by atoms with E-state index in [1.54, 1.807) is 31.4 Å². The molecule has 2 aromatic carbocycles. The molecule has 184 valence electrons. The van der Waals surface area contributed by atoms with E-state index >= 15 is 0 Å². The third kappa shape index (κ3) is 7.88. The van der Waals surface area contributed by atoms with Crippen LogP contribution in [0, 0.1) is 6.92 Å². The van der Waals surface area contributed by atoms with Crippen LogP contribution in [0.15, 0.2) is 48.5 Å². The average molecular weight is 471 g/mol. The number of amides is 1. The second-order valence-electron chi connectivity index (χ2n) is 9.01. The minimum Gasteiger partial charge on any atom is -0.496 e. The summed E-state index contributed by atoms with van der Waals surface area (Å²) < 4.78 is 5.32. The zero-order valence-electron chi connectivity index (χ0n) is 20.1. The minimum absolute atomic E-state index is 0.103. The number of nitrogens with one attached hydrogen (secondary N) is 2. The predicted molar refractivity (Wildman–Crippen MR) is 129 cm³/mol. The highest BCUT2D eigenvalue weighted by molar-refractivity contribution is 5.89. The van der Waals surface area contributed by atoms with Gasteiger partial charge in [0.1, 0.15) is 11.8 Å². The first-order valence-electron chi connectivity index (χ1n) is 11.2. The molecule has 0 bridgehead atoms. The fourth-order valence-electron chi connectivity index (χ4n) is 3.76. The smallest absolute Gasteiger partial charge is 0.326 e. The lowest BCUT2D eigenvalue weighted by Crippen LogP contribution is -2.52. The molecule has 0 aromatic heterocycles. The Morgan fingerprint density at radius 1 is 1.03 bits per heavy atom. The molecule has 2 rings (SSSR count). The van der Waals surface area contributed by atoms with Crippen molar-refractivity contribution in [1.29, 1.82) is 0 Å². The van der Waals surface area contributed by atoms with Crippen molar-refractivity contribution in [2.45, 2.75) is 57.5 Å². The number of carboxylic acids is 2. The number of methoxy groups -OCH3 is 1. The van der Waals surface area contributed by atoms with E-state index in [4.69, 9.17) is 4.74 Å². The molecule has 8 nitrogen and oxygen atoms in total. The minimum atomic E-state index is -1.18. The van der Waals surface area contributed by atoms with Crippen LogP contribution >= 0.6 is 0 Å². The molecule has 34 heavy (non-hydrogen) atoms. The molecule has 0 radical (unpaired) electrons. The van der Waals surface area contributed by atoms with E-state index in [0.717, 1.165) is 22.4 Å². The maximum Gasteiger partial charge on any atom is 0.326 e. The van der Waals surface area contributed by atoms with Gasteiger partial charge in [-0.15, -0.1) is 0 Å². The van der Waals surface area contributed by atoms with Crippen molar-refractivity contribution in [3.05, 3.63) is 65.2 Å². The monoisotopic (exact) mass is 470 g/mol. The second-order valence-corrected chi connectivity index (χ2v) is 9.01. The maximum absolute atomic E-state index is 12.8. The third-order valence-electron chi connectivity index (χ3n) is 5.91. The third-order valence-corrected chi connectivity index (χ3v) is 5.91. The van der Waals surface area contributed by atoms with Crippen molar-refractivity contribution in [1.82, 2.24) is 10.6 Å². The molecule has 0 spiro atoms. The van der Waals surface area contributed by atoms with E-state index in [-0.39, 0.29) is 11.8 Å². The number of carbonyl (C=O) groups is 3. The van der Waals surface area contributed by atoms with Gasteiger partial charge in [-0.25, -0.2) is 4.79 Å². The highest BCUT2D eigenvalue weighted by Gasteiger charge is 2.28. The molecule has 0 unspecified atom stereocenters. The molecular weight excluding hydrogens is 436 g/mol. The number of aliphatic carboxylic acids is 2. The van der Waals surface area contributed by atoms with Crippen LogP contribution in [0.2, 0.25) is 0 Å². The van der Waals surface area contributed by atoms with Gasteiger partial charge in [0.25, 0.3) is 0 Å². The van der Waals surface area contributed by atoms with Crippen LogP contribution in [0.3, 0.4) is 0 Å². The molecule has 0 fully saturated rings. The van der Waals surface area contributed by atoms with Crippen LogP contribution in [0.25, 0.3) is 0 Å². The van der Waals surface area contributed by atoms with Crippen molar-refractivity contribution in [2.75, 3.05) is 13.7 Å². The van der Waals surface area contributed by atoms with Gasteiger partial charge in [-0.05, 0) is 48.1 Å². The molecule has 0 aliphatic carbocycles. The molecule has 1 amide bonds. The van der Waals surface area contributed by atoms with Crippen molar-refractivity contribution in [3.8, 4) is 5.75 Å². The van der Waals surface area contributed by atoms with E-state index in [2.05, 4.69) is 30.5 Å². The molecule has 2 aromatic rings. The molecular formula is C26H34N2O6. The van der Waals surface area contributed by atoms with Crippen LogP contribution < -0.4 is 15.4 Å². The normalized spacial score (nSPS) is 13.1. The number of hydrogen-bond acceptors (Lipinski definition) is 5. The number of carbonyl (C=O) groups excluding carboxylic acids is 1. The number of rotatable bonds is 13. The van der Waals surface area contributed by atoms with Crippen LogP contribution in [-0.4, -0.2) is 53.8 Å². The van der Waals surface area contributed by atoms with Crippen LogP contribution in [0.1, 0.15) is 43.4 Å². The van der Waals surface area contributed by atoms with Crippen molar-refractivity contribution in [3.63, 3.8) is 0 Å². The summed E-state index contributed by atoms with van der Waals surface area (Å²) >= 11 is 0. The summed E-state index contributed by atoms with van der Waals surface area (Å²) in [6.45, 7) is 6.49. The Morgan fingerprint density at radius 3 is 2.26 bits per heavy atom. The zero-order chi connectivity index (χ0) is 25.3. The number of hydrogen-bond donors (Lipinski definition) is 4. The van der Waals surface area contributed by atoms with Gasteiger partial charge in [-0.3, -0.25) is 9.59 Å². The van der Waals surface area contributed by atoms with E-state index in [9.17, 15) is 24.6 Å². The van der Waals surface area contributed by atoms with E-state index in [1.807, 2.05) is 25.1 Å². The van der Waals surface area contributed by atoms with Gasteiger partial charge in [0.2, 0.25) is 5.91 Å². The van der Waals surface area contributed by atoms with Gasteiger partial charge in [0, 0.05) is 6.42 Å². The molecule has 0 aliphatic heterocycles. The van der Waals surface area contributed by atoms with Gasteiger partial charge in [-0.1, -0.05) is 56.3 Å². The van der Waals surface area contributed by atoms with Crippen LogP contribution in [0.4, 0.5) is 0 Å². The summed E-state index contributed by atoms with van der Waals surface area (Å²) in [6.07, 6.45) is 0.283. The van der Waals surface area contributed by atoms with Gasteiger partial charge in [0.15, 0.2) is 0 Å². The molecule has 0 saturated heterocycles. The van der Waals surface area contributed by atoms with Gasteiger partial charge >= 0.3 is 11.9 Å². The molecule has 0 aliphatic rings. The summed E-state index contributed by atoms with van der Waals surface area (Å²) in [6, 6.07) is 12.7. The average Bonchev–Trinajstić information content (AvgIpc) is 2.78. The highest BCUT2D eigenvalue weighted by atomic mass is 16.5. The Labute approximate surface area is 200 Å². The molecule has 2 atom stereocenters. The standard InChI is InChI=1S/C26H34N2O6/c1-17-14-19(10-11-22(17)34-4)26(2,3)12-13-27-20(16-23(29)30)24(31)28-21(25(32)33)15-18-8-6-5-7-9-18/h5-11,14,20-21,27H,12-13,15-16H2,1-4H3,(H,28,31)(H,29,30)(H,32,33)/t20-,21-/m0/s1. The van der Waals surface area contributed by atoms with Gasteiger partial charge in [0.05, 0.1) is 19.6 Å². The summed E-state index contributed by atoms with van der Waals surface area (Å²) in [4.78, 5) is 35.9.